The Bertz CT molecular complexity index is 1960. The van der Waals surface area contributed by atoms with Crippen LogP contribution in [0.5, 0.6) is 17.2 Å². The Morgan fingerprint density at radius 2 is 1.75 bits per heavy atom. The number of hydrogen-bond donors (Lipinski definition) is 0. The number of carbonyl (C=O) groups is 2. The van der Waals surface area contributed by atoms with Gasteiger partial charge in [0.1, 0.15) is 17.5 Å². The van der Waals surface area contributed by atoms with E-state index < -0.39 is 30.4 Å². The number of pyridine rings is 1. The first-order chi connectivity index (χ1) is 25.6. The maximum atomic E-state index is 13.9. The van der Waals surface area contributed by atoms with Crippen LogP contribution in [-0.4, -0.2) is 67.5 Å². The third-order valence-electron chi connectivity index (χ3n) is 10.2. The molecule has 4 aliphatic rings. The van der Waals surface area contributed by atoms with E-state index in [1.165, 1.54) is 30.6 Å². The van der Waals surface area contributed by atoms with E-state index >= 15 is 0 Å². The predicted octanol–water partition coefficient (Wildman–Crippen LogP) is 8.39. The van der Waals surface area contributed by atoms with Gasteiger partial charge >= 0.3 is 18.7 Å². The molecular weight excluding hydrogens is 731 g/mol. The average molecular weight is 769 g/mol. The number of esters is 1. The SMILES string of the molecule is CCOc1cc([C@H](Cc2c(Cl)cncc2Cl)OC(=O)c2ccc(CN(C(=O)O[C@]34CN5CCC3C4C5)c3ccccc3OC)cc2)ccc1OC(F)F. The molecule has 5 atom stereocenters. The molecule has 1 aromatic heterocycles. The van der Waals surface area contributed by atoms with Crippen molar-refractivity contribution in [2.75, 3.05) is 38.3 Å². The number of rotatable bonds is 14. The van der Waals surface area contributed by atoms with Gasteiger partial charge < -0.3 is 23.7 Å². The highest BCUT2D eigenvalue weighted by Gasteiger charge is 2.74. The summed E-state index contributed by atoms with van der Waals surface area (Å²) in [6.45, 7) is 1.71. The van der Waals surface area contributed by atoms with Crippen LogP contribution in [0.4, 0.5) is 19.3 Å². The van der Waals surface area contributed by atoms with Crippen LogP contribution < -0.4 is 19.1 Å². The lowest BCUT2D eigenvalue weighted by molar-refractivity contribution is -0.0514. The molecule has 14 heteroatoms. The van der Waals surface area contributed by atoms with Crippen molar-refractivity contribution >= 4 is 41.0 Å². The van der Waals surface area contributed by atoms with Gasteiger partial charge in [0.2, 0.25) is 0 Å². The molecule has 53 heavy (non-hydrogen) atoms. The number of amides is 1. The quantitative estimate of drug-likeness (QED) is 0.117. The van der Waals surface area contributed by atoms with Crippen LogP contribution in [0.15, 0.2) is 79.1 Å². The number of para-hydroxylation sites is 2. The summed E-state index contributed by atoms with van der Waals surface area (Å²) in [5, 5.41) is 0.525. The Kier molecular flexibility index (Phi) is 10.6. The molecule has 1 amide bonds. The van der Waals surface area contributed by atoms with Crippen LogP contribution >= 0.6 is 23.2 Å². The van der Waals surface area contributed by atoms with E-state index in [9.17, 15) is 18.4 Å². The predicted molar refractivity (Wildman–Crippen MR) is 193 cm³/mol. The van der Waals surface area contributed by atoms with Gasteiger partial charge in [-0.25, -0.2) is 9.59 Å². The number of benzene rings is 3. The summed E-state index contributed by atoms with van der Waals surface area (Å²) >= 11 is 12.9. The second-order valence-corrected chi connectivity index (χ2v) is 14.0. The van der Waals surface area contributed by atoms with Crippen molar-refractivity contribution in [2.45, 2.75) is 44.6 Å². The number of anilines is 1. The van der Waals surface area contributed by atoms with Crippen LogP contribution in [0.25, 0.3) is 0 Å². The molecule has 4 heterocycles. The highest BCUT2D eigenvalue weighted by Crippen LogP contribution is 2.63. The van der Waals surface area contributed by atoms with Crippen LogP contribution in [0.2, 0.25) is 10.0 Å². The fourth-order valence-electron chi connectivity index (χ4n) is 7.58. The Labute approximate surface area is 315 Å². The van der Waals surface area contributed by atoms with Gasteiger partial charge in [0.15, 0.2) is 11.5 Å². The molecule has 0 spiro atoms. The largest absolute Gasteiger partial charge is 0.495 e. The van der Waals surface area contributed by atoms with Crippen LogP contribution in [0, 0.1) is 11.8 Å². The van der Waals surface area contributed by atoms with E-state index in [0.29, 0.717) is 34.4 Å². The van der Waals surface area contributed by atoms with Crippen LogP contribution in [0.1, 0.15) is 46.5 Å². The van der Waals surface area contributed by atoms with E-state index in [-0.39, 0.29) is 46.7 Å². The van der Waals surface area contributed by atoms with Crippen molar-refractivity contribution in [3.63, 3.8) is 0 Å². The van der Waals surface area contributed by atoms with E-state index in [2.05, 4.69) is 14.6 Å². The summed E-state index contributed by atoms with van der Waals surface area (Å²) < 4.78 is 54.4. The Balaban J connectivity index is 1.12. The molecule has 4 fully saturated rings. The molecule has 3 aliphatic heterocycles. The van der Waals surface area contributed by atoms with Gasteiger partial charge in [-0.15, -0.1) is 0 Å². The Hall–Kier alpha value is -4.65. The number of hydrogen-bond acceptors (Lipinski definition) is 9. The van der Waals surface area contributed by atoms with Crippen LogP contribution in [0.3, 0.4) is 0 Å². The minimum absolute atomic E-state index is 0.0432. The number of ether oxygens (including phenoxy) is 5. The van der Waals surface area contributed by atoms with Crippen molar-refractivity contribution in [1.82, 2.24) is 9.88 Å². The van der Waals surface area contributed by atoms with E-state index in [1.54, 1.807) is 49.3 Å². The van der Waals surface area contributed by atoms with Crippen molar-refractivity contribution in [1.29, 1.82) is 0 Å². The minimum atomic E-state index is -3.07. The fraction of sp³-hybridized carbons (Fsp3) is 0.359. The van der Waals surface area contributed by atoms with Gasteiger partial charge in [0, 0.05) is 43.7 Å². The number of alkyl halides is 2. The molecule has 0 radical (unpaired) electrons. The first kappa shape index (κ1) is 36.7. The molecule has 3 unspecified atom stereocenters. The maximum Gasteiger partial charge on any atom is 0.415 e. The van der Waals surface area contributed by atoms with Crippen molar-refractivity contribution in [3.8, 4) is 17.2 Å². The average Bonchev–Trinajstić information content (AvgIpc) is 3.64. The first-order valence-electron chi connectivity index (χ1n) is 17.3. The second kappa shape index (κ2) is 15.4. The van der Waals surface area contributed by atoms with Gasteiger partial charge in [0.25, 0.3) is 0 Å². The van der Waals surface area contributed by atoms with Gasteiger partial charge in [-0.1, -0.05) is 53.5 Å². The molecule has 1 saturated carbocycles. The Morgan fingerprint density at radius 1 is 1.00 bits per heavy atom. The fourth-order valence-corrected chi connectivity index (χ4v) is 8.10. The lowest BCUT2D eigenvalue weighted by atomic mass is 10.0. The van der Waals surface area contributed by atoms with E-state index in [1.807, 2.05) is 18.2 Å². The summed E-state index contributed by atoms with van der Waals surface area (Å²) in [5.41, 5.74) is 1.99. The molecule has 4 aromatic rings. The van der Waals surface area contributed by atoms with Gasteiger partial charge in [-0.05, 0) is 73.0 Å². The zero-order valence-electron chi connectivity index (χ0n) is 29.0. The summed E-state index contributed by atoms with van der Waals surface area (Å²) in [5.74, 6) is 0.505. The number of fused-ring (bicyclic) bond motifs is 1. The molecule has 10 nitrogen and oxygen atoms in total. The Morgan fingerprint density at radius 3 is 2.40 bits per heavy atom. The molecular formula is C39H37Cl2F2N3O7. The van der Waals surface area contributed by atoms with Crippen molar-refractivity contribution in [3.05, 3.63) is 111 Å². The molecule has 4 bridgehead atoms. The van der Waals surface area contributed by atoms with Crippen LogP contribution in [-0.2, 0) is 22.4 Å². The second-order valence-electron chi connectivity index (χ2n) is 13.2. The third-order valence-corrected chi connectivity index (χ3v) is 10.8. The monoisotopic (exact) mass is 767 g/mol. The van der Waals surface area contributed by atoms with Crippen molar-refractivity contribution in [2.24, 2.45) is 11.8 Å². The zero-order chi connectivity index (χ0) is 37.3. The van der Waals surface area contributed by atoms with E-state index in [4.69, 9.17) is 42.1 Å². The lowest BCUT2D eigenvalue weighted by Gasteiger charge is -2.31. The first-order valence-corrected chi connectivity index (χ1v) is 18.0. The smallest absolute Gasteiger partial charge is 0.415 e. The number of aromatic nitrogens is 1. The maximum absolute atomic E-state index is 13.9. The molecule has 1 aliphatic carbocycles. The summed E-state index contributed by atoms with van der Waals surface area (Å²) in [6, 6.07) is 18.3. The van der Waals surface area contributed by atoms with Crippen molar-refractivity contribution < 1.29 is 42.1 Å². The number of nitrogens with zero attached hydrogens (tertiary/aromatic N) is 3. The zero-order valence-corrected chi connectivity index (χ0v) is 30.5. The summed E-state index contributed by atoms with van der Waals surface area (Å²) in [6.07, 6.45) is 2.49. The molecule has 278 valence electrons. The molecule has 3 aromatic carbocycles. The lowest BCUT2D eigenvalue weighted by Crippen LogP contribution is -2.42. The minimum Gasteiger partial charge on any atom is -0.495 e. The van der Waals surface area contributed by atoms with Gasteiger partial charge in [-0.3, -0.25) is 14.8 Å². The number of halogens is 4. The molecule has 8 rings (SSSR count). The topological polar surface area (TPSA) is 99.7 Å². The highest BCUT2D eigenvalue weighted by atomic mass is 35.5. The molecule has 3 saturated heterocycles. The highest BCUT2D eigenvalue weighted by molar-refractivity contribution is 6.35. The number of carbonyl (C=O) groups excluding carboxylic acids is 2. The summed E-state index contributed by atoms with van der Waals surface area (Å²) in [4.78, 5) is 35.5. The molecule has 0 N–H and O–H groups in total. The number of piperidine rings is 3. The normalized spacial score (nSPS) is 21.5. The van der Waals surface area contributed by atoms with Gasteiger partial charge in [0.05, 0.1) is 41.6 Å². The summed E-state index contributed by atoms with van der Waals surface area (Å²) in [7, 11) is 1.55. The third kappa shape index (κ3) is 7.58. The van der Waals surface area contributed by atoms with E-state index in [0.717, 1.165) is 31.6 Å². The number of methoxy groups -OCH3 is 1. The van der Waals surface area contributed by atoms with Gasteiger partial charge in [-0.2, -0.15) is 8.78 Å². The standard InChI is InChI=1S/C39H37Cl2F2N3O7/c1-3-50-35-16-25(12-13-33(35)52-37(42)43)34(17-26-29(40)18-44-19-30(26)41)51-36(47)24-10-8-23(9-11-24)20-46(31-6-4-5-7-32(31)49-2)38(48)53-39-22-45-15-14-27(39)28(39)21-45/h4-13,16,18-19,27-28,34,37H,3,14-15,17,20-22H2,1-2H3/t27?,28?,34-,39+/m0/s1.